The Morgan fingerprint density at radius 2 is 2.22 bits per heavy atom. The molecule has 0 saturated heterocycles. The molecule has 0 aliphatic carbocycles. The van der Waals surface area contributed by atoms with Crippen LogP contribution in [0.4, 0.5) is 5.13 Å². The number of anilines is 1. The standard InChI is InChI=1S/C16H15Cl2N5O2S2/c1-9(25-12-7-10(17)3-4-11(12)18)14-21-22-16(23(14)2)27-8-13(24)20-15-19-5-6-26-15/h3-7,9H,8H2,1-2H3,(H,19,20,24). The lowest BCUT2D eigenvalue weighted by atomic mass is 10.3. The van der Waals surface area contributed by atoms with E-state index in [1.807, 2.05) is 14.0 Å². The molecule has 0 saturated carbocycles. The van der Waals surface area contributed by atoms with Gasteiger partial charge in [0.1, 0.15) is 5.75 Å². The number of benzene rings is 1. The number of carbonyl (C=O) groups excluding carboxylic acids is 1. The van der Waals surface area contributed by atoms with Gasteiger partial charge < -0.3 is 14.6 Å². The molecular weight excluding hydrogens is 429 g/mol. The van der Waals surface area contributed by atoms with Crippen LogP contribution in [-0.4, -0.2) is 31.4 Å². The zero-order valence-electron chi connectivity index (χ0n) is 14.3. The van der Waals surface area contributed by atoms with Crippen LogP contribution in [0.15, 0.2) is 34.9 Å². The average molecular weight is 444 g/mol. The number of rotatable bonds is 7. The highest BCUT2D eigenvalue weighted by atomic mass is 35.5. The number of ether oxygens (including phenoxy) is 1. The second-order valence-electron chi connectivity index (χ2n) is 5.41. The molecule has 3 rings (SSSR count). The van der Waals surface area contributed by atoms with Crippen molar-refractivity contribution in [3.8, 4) is 5.75 Å². The first-order valence-corrected chi connectivity index (χ1v) is 10.4. The third kappa shape index (κ3) is 5.13. The van der Waals surface area contributed by atoms with Crippen molar-refractivity contribution in [2.45, 2.75) is 18.2 Å². The van der Waals surface area contributed by atoms with Crippen LogP contribution in [-0.2, 0) is 11.8 Å². The number of hydrogen-bond acceptors (Lipinski definition) is 7. The highest BCUT2D eigenvalue weighted by Crippen LogP contribution is 2.31. The average Bonchev–Trinajstić information content (AvgIpc) is 3.26. The number of thioether (sulfide) groups is 1. The van der Waals surface area contributed by atoms with E-state index >= 15 is 0 Å². The van der Waals surface area contributed by atoms with Crippen molar-refractivity contribution in [3.63, 3.8) is 0 Å². The molecule has 0 fully saturated rings. The van der Waals surface area contributed by atoms with Crippen LogP contribution in [0.3, 0.4) is 0 Å². The number of aromatic nitrogens is 4. The van der Waals surface area contributed by atoms with Gasteiger partial charge in [0.25, 0.3) is 0 Å². The van der Waals surface area contributed by atoms with E-state index in [0.717, 1.165) is 0 Å². The topological polar surface area (TPSA) is 81.9 Å². The van der Waals surface area contributed by atoms with Gasteiger partial charge in [-0.3, -0.25) is 4.79 Å². The van der Waals surface area contributed by atoms with Gasteiger partial charge in [0.2, 0.25) is 5.91 Å². The Hall–Kier alpha value is -1.81. The molecule has 1 unspecified atom stereocenters. The molecule has 1 amide bonds. The SMILES string of the molecule is CC(Oc1cc(Cl)ccc1Cl)c1nnc(SCC(=O)Nc2nccs2)n1C. The second-order valence-corrected chi connectivity index (χ2v) is 8.09. The minimum absolute atomic E-state index is 0.158. The Labute approximate surface area is 174 Å². The molecule has 142 valence electrons. The first-order chi connectivity index (χ1) is 12.9. The summed E-state index contributed by atoms with van der Waals surface area (Å²) >= 11 is 14.8. The lowest BCUT2D eigenvalue weighted by Gasteiger charge is -2.15. The predicted octanol–water partition coefficient (Wildman–Crippen LogP) is 4.45. The Kier molecular flexibility index (Phi) is 6.59. The van der Waals surface area contributed by atoms with Gasteiger partial charge in [0.15, 0.2) is 22.2 Å². The fourth-order valence-corrected chi connectivity index (χ4v) is 3.77. The minimum Gasteiger partial charge on any atom is -0.481 e. The second kappa shape index (κ2) is 8.92. The summed E-state index contributed by atoms with van der Waals surface area (Å²) in [6.45, 7) is 1.84. The monoisotopic (exact) mass is 443 g/mol. The van der Waals surface area contributed by atoms with Crippen LogP contribution in [0.25, 0.3) is 0 Å². The van der Waals surface area contributed by atoms with Crippen LogP contribution in [0, 0.1) is 0 Å². The van der Waals surface area contributed by atoms with Crippen molar-refractivity contribution in [2.24, 2.45) is 7.05 Å². The lowest BCUT2D eigenvalue weighted by molar-refractivity contribution is -0.113. The molecule has 2 heterocycles. The van der Waals surface area contributed by atoms with E-state index in [4.69, 9.17) is 27.9 Å². The Morgan fingerprint density at radius 1 is 1.41 bits per heavy atom. The fraction of sp³-hybridized carbons (Fsp3) is 0.250. The van der Waals surface area contributed by atoms with Gasteiger partial charge in [-0.2, -0.15) is 0 Å². The summed E-state index contributed by atoms with van der Waals surface area (Å²) in [4.78, 5) is 16.0. The largest absolute Gasteiger partial charge is 0.481 e. The van der Waals surface area contributed by atoms with E-state index in [-0.39, 0.29) is 11.7 Å². The number of thiazole rings is 1. The van der Waals surface area contributed by atoms with Crippen molar-refractivity contribution in [3.05, 3.63) is 45.6 Å². The van der Waals surface area contributed by atoms with Gasteiger partial charge >= 0.3 is 0 Å². The minimum atomic E-state index is -0.406. The third-order valence-electron chi connectivity index (χ3n) is 3.44. The Bertz CT molecular complexity index is 933. The summed E-state index contributed by atoms with van der Waals surface area (Å²) in [6, 6.07) is 5.01. The molecule has 3 aromatic rings. The molecule has 0 spiro atoms. The zero-order chi connectivity index (χ0) is 19.4. The number of carbonyl (C=O) groups is 1. The molecule has 0 radical (unpaired) electrons. The summed E-state index contributed by atoms with van der Waals surface area (Å²) in [5.41, 5.74) is 0. The predicted molar refractivity (Wildman–Crippen MR) is 108 cm³/mol. The molecule has 1 atom stereocenters. The van der Waals surface area contributed by atoms with E-state index in [0.29, 0.717) is 31.9 Å². The molecule has 2 aromatic heterocycles. The number of amides is 1. The van der Waals surface area contributed by atoms with Gasteiger partial charge in [0, 0.05) is 29.7 Å². The molecule has 0 bridgehead atoms. The maximum Gasteiger partial charge on any atom is 0.236 e. The van der Waals surface area contributed by atoms with E-state index in [2.05, 4.69) is 20.5 Å². The van der Waals surface area contributed by atoms with Crippen LogP contribution < -0.4 is 10.1 Å². The summed E-state index contributed by atoms with van der Waals surface area (Å²) < 4.78 is 7.65. The number of hydrogen-bond donors (Lipinski definition) is 1. The Balaban J connectivity index is 1.62. The van der Waals surface area contributed by atoms with Crippen molar-refractivity contribution in [2.75, 3.05) is 11.1 Å². The van der Waals surface area contributed by atoms with Gasteiger partial charge in [-0.25, -0.2) is 4.98 Å². The molecule has 0 aliphatic heterocycles. The fourth-order valence-electron chi connectivity index (χ4n) is 2.19. The molecule has 1 aromatic carbocycles. The number of nitrogens with zero attached hydrogens (tertiary/aromatic N) is 4. The highest BCUT2D eigenvalue weighted by molar-refractivity contribution is 7.99. The summed E-state index contributed by atoms with van der Waals surface area (Å²) in [5.74, 6) is 1.11. The lowest BCUT2D eigenvalue weighted by Crippen LogP contribution is -2.14. The summed E-state index contributed by atoms with van der Waals surface area (Å²) in [5, 5.41) is 15.0. The molecule has 27 heavy (non-hydrogen) atoms. The van der Waals surface area contributed by atoms with Crippen molar-refractivity contribution < 1.29 is 9.53 Å². The van der Waals surface area contributed by atoms with Crippen LogP contribution in [0.1, 0.15) is 18.9 Å². The molecule has 0 aliphatic rings. The van der Waals surface area contributed by atoms with Crippen molar-refractivity contribution in [1.82, 2.24) is 19.7 Å². The smallest absolute Gasteiger partial charge is 0.236 e. The number of nitrogens with one attached hydrogen (secondary N) is 1. The van der Waals surface area contributed by atoms with Crippen LogP contribution in [0.5, 0.6) is 5.75 Å². The van der Waals surface area contributed by atoms with E-state index in [1.54, 1.807) is 34.3 Å². The van der Waals surface area contributed by atoms with Crippen LogP contribution >= 0.6 is 46.3 Å². The van der Waals surface area contributed by atoms with Gasteiger partial charge in [0.05, 0.1) is 10.8 Å². The molecule has 11 heteroatoms. The maximum atomic E-state index is 12.0. The van der Waals surface area contributed by atoms with Crippen molar-refractivity contribution in [1.29, 1.82) is 0 Å². The third-order valence-corrected chi connectivity index (χ3v) is 5.70. The normalized spacial score (nSPS) is 12.0. The van der Waals surface area contributed by atoms with Gasteiger partial charge in [-0.15, -0.1) is 21.5 Å². The number of halogens is 2. The van der Waals surface area contributed by atoms with E-state index < -0.39 is 6.10 Å². The maximum absolute atomic E-state index is 12.0. The van der Waals surface area contributed by atoms with Crippen molar-refractivity contribution >= 4 is 57.3 Å². The first kappa shape index (κ1) is 19.9. The quantitative estimate of drug-likeness (QED) is 0.543. The molecule has 7 nitrogen and oxygen atoms in total. The van der Waals surface area contributed by atoms with E-state index in [9.17, 15) is 4.79 Å². The highest BCUT2D eigenvalue weighted by Gasteiger charge is 2.19. The van der Waals surface area contributed by atoms with Gasteiger partial charge in [-0.05, 0) is 19.1 Å². The van der Waals surface area contributed by atoms with Crippen LogP contribution in [0.2, 0.25) is 10.0 Å². The Morgan fingerprint density at radius 3 is 2.96 bits per heavy atom. The molecular formula is C16H15Cl2N5O2S2. The van der Waals surface area contributed by atoms with Gasteiger partial charge in [-0.1, -0.05) is 35.0 Å². The summed E-state index contributed by atoms with van der Waals surface area (Å²) in [7, 11) is 1.82. The molecule has 1 N–H and O–H groups in total. The van der Waals surface area contributed by atoms with E-state index in [1.165, 1.54) is 23.1 Å². The first-order valence-electron chi connectivity index (χ1n) is 7.77. The zero-order valence-corrected chi connectivity index (χ0v) is 17.5. The summed E-state index contributed by atoms with van der Waals surface area (Å²) in [6.07, 6.45) is 1.23.